The normalized spacial score (nSPS) is 29.8. The molecule has 3 unspecified atom stereocenters. The summed E-state index contributed by atoms with van der Waals surface area (Å²) in [5.41, 5.74) is 1.19. The van der Waals surface area contributed by atoms with E-state index in [0.29, 0.717) is 6.04 Å². The van der Waals surface area contributed by atoms with Gasteiger partial charge < -0.3 is 15.0 Å². The van der Waals surface area contributed by atoms with Gasteiger partial charge in [0.25, 0.3) is 0 Å². The molecule has 3 rings (SSSR count). The minimum Gasteiger partial charge on any atom is -0.491 e. The van der Waals surface area contributed by atoms with Gasteiger partial charge in [-0.05, 0) is 44.9 Å². The highest BCUT2D eigenvalue weighted by Gasteiger charge is 2.37. The molecule has 1 aromatic rings. The molecule has 3 nitrogen and oxygen atoms in total. The standard InChI is InChI=1S/C15H22N2O/c1-11(2)18-14-5-3-4-13(8-14)16-15-10-17-7-6-12(15)9-17/h3-5,8,11-12,15-16H,6-7,9-10H2,1-2H3. The van der Waals surface area contributed by atoms with Crippen molar-refractivity contribution in [2.75, 3.05) is 25.0 Å². The second kappa shape index (κ2) is 4.81. The first-order chi connectivity index (χ1) is 8.70. The molecule has 0 amide bonds. The third kappa shape index (κ3) is 2.46. The van der Waals surface area contributed by atoms with Gasteiger partial charge in [-0.2, -0.15) is 0 Å². The van der Waals surface area contributed by atoms with E-state index in [2.05, 4.69) is 42.3 Å². The van der Waals surface area contributed by atoms with Crippen molar-refractivity contribution in [3.05, 3.63) is 24.3 Å². The number of benzene rings is 1. The predicted octanol–water partition coefficient (Wildman–Crippen LogP) is 2.59. The monoisotopic (exact) mass is 246 g/mol. The van der Waals surface area contributed by atoms with Gasteiger partial charge in [0.2, 0.25) is 0 Å². The average Bonchev–Trinajstić information content (AvgIpc) is 2.90. The zero-order valence-corrected chi connectivity index (χ0v) is 11.2. The fourth-order valence-electron chi connectivity index (χ4n) is 3.09. The maximum atomic E-state index is 5.73. The lowest BCUT2D eigenvalue weighted by atomic mass is 10.00. The molecule has 2 bridgehead atoms. The van der Waals surface area contributed by atoms with Crippen LogP contribution in [0.25, 0.3) is 0 Å². The van der Waals surface area contributed by atoms with Gasteiger partial charge in [0.15, 0.2) is 0 Å². The minimum atomic E-state index is 0.230. The third-order valence-electron chi connectivity index (χ3n) is 3.89. The second-order valence-electron chi connectivity index (χ2n) is 5.75. The number of nitrogens with one attached hydrogen (secondary N) is 1. The van der Waals surface area contributed by atoms with E-state index in [1.807, 2.05) is 6.07 Å². The average molecular weight is 246 g/mol. The Labute approximate surface area is 109 Å². The molecule has 3 heteroatoms. The van der Waals surface area contributed by atoms with Crippen LogP contribution >= 0.6 is 0 Å². The smallest absolute Gasteiger partial charge is 0.121 e. The summed E-state index contributed by atoms with van der Waals surface area (Å²) in [6.07, 6.45) is 1.58. The highest BCUT2D eigenvalue weighted by molar-refractivity contribution is 5.49. The fraction of sp³-hybridized carbons (Fsp3) is 0.600. The molecular weight excluding hydrogens is 224 g/mol. The highest BCUT2D eigenvalue weighted by atomic mass is 16.5. The van der Waals surface area contributed by atoms with E-state index in [0.717, 1.165) is 11.7 Å². The second-order valence-corrected chi connectivity index (χ2v) is 5.75. The number of anilines is 1. The molecule has 1 N–H and O–H groups in total. The van der Waals surface area contributed by atoms with Gasteiger partial charge in [0.05, 0.1) is 6.10 Å². The number of nitrogens with zero attached hydrogens (tertiary/aromatic N) is 1. The Hall–Kier alpha value is -1.22. The lowest BCUT2D eigenvalue weighted by Crippen LogP contribution is -2.33. The number of hydrogen-bond acceptors (Lipinski definition) is 3. The van der Waals surface area contributed by atoms with Crippen molar-refractivity contribution in [3.63, 3.8) is 0 Å². The first kappa shape index (κ1) is 11.8. The summed E-state index contributed by atoms with van der Waals surface area (Å²) in [7, 11) is 0. The van der Waals surface area contributed by atoms with Crippen molar-refractivity contribution in [1.29, 1.82) is 0 Å². The van der Waals surface area contributed by atoms with Crippen LogP contribution in [0, 0.1) is 5.92 Å². The van der Waals surface area contributed by atoms with E-state index < -0.39 is 0 Å². The molecule has 98 valence electrons. The Balaban J connectivity index is 1.65. The fourth-order valence-corrected chi connectivity index (χ4v) is 3.09. The number of piperidine rings is 1. The molecule has 3 atom stereocenters. The zero-order valence-electron chi connectivity index (χ0n) is 11.2. The van der Waals surface area contributed by atoms with Crippen molar-refractivity contribution in [3.8, 4) is 5.75 Å². The van der Waals surface area contributed by atoms with Crippen LogP contribution < -0.4 is 10.1 Å². The lowest BCUT2D eigenvalue weighted by Gasteiger charge is -2.24. The third-order valence-corrected chi connectivity index (χ3v) is 3.89. The van der Waals surface area contributed by atoms with Crippen molar-refractivity contribution in [2.45, 2.75) is 32.4 Å². The topological polar surface area (TPSA) is 24.5 Å². The molecule has 0 aromatic heterocycles. The Bertz CT molecular complexity index is 419. The first-order valence-corrected chi connectivity index (χ1v) is 6.96. The molecule has 0 radical (unpaired) electrons. The molecular formula is C15H22N2O. The van der Waals surface area contributed by atoms with Gasteiger partial charge >= 0.3 is 0 Å². The molecule has 2 aliphatic rings. The van der Waals surface area contributed by atoms with Gasteiger partial charge in [-0.25, -0.2) is 0 Å². The van der Waals surface area contributed by atoms with Crippen LogP contribution in [0.5, 0.6) is 5.75 Å². The summed E-state index contributed by atoms with van der Waals surface area (Å²) in [6, 6.07) is 8.95. The first-order valence-electron chi connectivity index (χ1n) is 6.96. The summed E-state index contributed by atoms with van der Waals surface area (Å²) >= 11 is 0. The highest BCUT2D eigenvalue weighted by Crippen LogP contribution is 2.30. The molecule has 18 heavy (non-hydrogen) atoms. The van der Waals surface area contributed by atoms with Crippen LogP contribution in [0.3, 0.4) is 0 Å². The SMILES string of the molecule is CC(C)Oc1cccc(NC2CN3CCC2C3)c1. The van der Waals surface area contributed by atoms with E-state index >= 15 is 0 Å². The van der Waals surface area contributed by atoms with Gasteiger partial charge in [-0.1, -0.05) is 6.07 Å². The zero-order chi connectivity index (χ0) is 12.5. The summed E-state index contributed by atoms with van der Waals surface area (Å²) in [5, 5.41) is 3.66. The molecule has 2 aliphatic heterocycles. The number of hydrogen-bond donors (Lipinski definition) is 1. The van der Waals surface area contributed by atoms with Crippen molar-refractivity contribution < 1.29 is 4.74 Å². The molecule has 2 fully saturated rings. The van der Waals surface area contributed by atoms with Crippen LogP contribution in [-0.4, -0.2) is 36.7 Å². The molecule has 0 aliphatic carbocycles. The van der Waals surface area contributed by atoms with Gasteiger partial charge in [0.1, 0.15) is 5.75 Å². The number of fused-ring (bicyclic) bond motifs is 2. The van der Waals surface area contributed by atoms with E-state index in [1.165, 1.54) is 31.7 Å². The van der Waals surface area contributed by atoms with Crippen LogP contribution in [-0.2, 0) is 0 Å². The van der Waals surface area contributed by atoms with Crippen LogP contribution in [0.1, 0.15) is 20.3 Å². The van der Waals surface area contributed by atoms with E-state index in [-0.39, 0.29) is 6.10 Å². The summed E-state index contributed by atoms with van der Waals surface area (Å²) in [5.74, 6) is 1.79. The summed E-state index contributed by atoms with van der Waals surface area (Å²) in [6.45, 7) is 7.88. The van der Waals surface area contributed by atoms with E-state index in [1.54, 1.807) is 0 Å². The predicted molar refractivity (Wildman–Crippen MR) is 74.2 cm³/mol. The van der Waals surface area contributed by atoms with E-state index in [4.69, 9.17) is 4.74 Å². The van der Waals surface area contributed by atoms with E-state index in [9.17, 15) is 0 Å². The Kier molecular flexibility index (Phi) is 3.16. The Morgan fingerprint density at radius 1 is 1.33 bits per heavy atom. The molecule has 2 saturated heterocycles. The van der Waals surface area contributed by atoms with Crippen molar-refractivity contribution >= 4 is 5.69 Å². The maximum Gasteiger partial charge on any atom is 0.121 e. The lowest BCUT2D eigenvalue weighted by molar-refractivity contribution is 0.242. The molecule has 0 spiro atoms. The van der Waals surface area contributed by atoms with Gasteiger partial charge in [-0.3, -0.25) is 0 Å². The number of ether oxygens (including phenoxy) is 1. The van der Waals surface area contributed by atoms with Crippen LogP contribution in [0.15, 0.2) is 24.3 Å². The van der Waals surface area contributed by atoms with Crippen LogP contribution in [0.2, 0.25) is 0 Å². The minimum absolute atomic E-state index is 0.230. The van der Waals surface area contributed by atoms with Gasteiger partial charge in [-0.15, -0.1) is 0 Å². The largest absolute Gasteiger partial charge is 0.491 e. The molecule has 0 saturated carbocycles. The van der Waals surface area contributed by atoms with Crippen LogP contribution in [0.4, 0.5) is 5.69 Å². The van der Waals surface area contributed by atoms with Crippen molar-refractivity contribution in [2.24, 2.45) is 5.92 Å². The molecule has 1 aromatic carbocycles. The summed E-state index contributed by atoms with van der Waals surface area (Å²) in [4.78, 5) is 2.55. The number of rotatable bonds is 4. The van der Waals surface area contributed by atoms with Crippen molar-refractivity contribution in [1.82, 2.24) is 4.90 Å². The molecule has 2 heterocycles. The summed E-state index contributed by atoms with van der Waals surface area (Å²) < 4.78 is 5.73. The Morgan fingerprint density at radius 3 is 2.89 bits per heavy atom. The quantitative estimate of drug-likeness (QED) is 0.883. The van der Waals surface area contributed by atoms with Gasteiger partial charge in [0, 0.05) is 30.9 Å². The Morgan fingerprint density at radius 2 is 2.22 bits per heavy atom. The maximum absolute atomic E-state index is 5.73.